The minimum atomic E-state index is -0.548. The zero-order chi connectivity index (χ0) is 13.8. The van der Waals surface area contributed by atoms with E-state index < -0.39 is 5.82 Å². The van der Waals surface area contributed by atoms with Crippen LogP contribution < -0.4 is 4.74 Å². The second-order valence-corrected chi connectivity index (χ2v) is 4.48. The summed E-state index contributed by atoms with van der Waals surface area (Å²) in [5.74, 6) is -0.433. The smallest absolute Gasteiger partial charge is 0.165 e. The van der Waals surface area contributed by atoms with Gasteiger partial charge in [0.25, 0.3) is 0 Å². The summed E-state index contributed by atoms with van der Waals surface area (Å²) < 4.78 is 20.7. The highest BCUT2D eigenvalue weighted by molar-refractivity contribution is 5.74. The largest absolute Gasteiger partial charge is 0.484 e. The molecule has 0 aliphatic carbocycles. The summed E-state index contributed by atoms with van der Waals surface area (Å²) in [6, 6.07) is 6.21. The average molecular weight is 262 g/mol. The Balaban J connectivity index is 2.03. The molecule has 0 unspecified atom stereocenters. The lowest BCUT2D eigenvalue weighted by atomic mass is 10.2. The fourth-order valence-electron chi connectivity index (χ4n) is 1.60. The third kappa shape index (κ3) is 3.19. The predicted octanol–water partition coefficient (Wildman–Crippen LogP) is 2.99. The Morgan fingerprint density at radius 1 is 1.42 bits per heavy atom. The molecule has 0 saturated carbocycles. The highest BCUT2D eigenvalue weighted by Crippen LogP contribution is 2.18. The van der Waals surface area contributed by atoms with E-state index in [2.05, 4.69) is 5.10 Å². The first-order valence-corrected chi connectivity index (χ1v) is 6.01. The number of rotatable bonds is 5. The Labute approximate surface area is 110 Å². The second kappa shape index (κ2) is 5.65. The van der Waals surface area contributed by atoms with Crippen LogP contribution in [-0.2, 0) is 6.61 Å². The molecule has 0 N–H and O–H groups in total. The number of hydrogen-bond donors (Lipinski definition) is 0. The molecular weight excluding hydrogens is 247 g/mol. The average Bonchev–Trinajstić information content (AvgIpc) is 2.86. The molecule has 0 bridgehead atoms. The maximum absolute atomic E-state index is 13.6. The van der Waals surface area contributed by atoms with Gasteiger partial charge in [-0.15, -0.1) is 0 Å². The maximum Gasteiger partial charge on any atom is 0.165 e. The van der Waals surface area contributed by atoms with Crippen molar-refractivity contribution >= 4 is 6.29 Å². The van der Waals surface area contributed by atoms with Crippen molar-refractivity contribution in [2.24, 2.45) is 0 Å². The topological polar surface area (TPSA) is 44.1 Å². The number of aromatic nitrogens is 2. The van der Waals surface area contributed by atoms with Gasteiger partial charge in [-0.2, -0.15) is 5.10 Å². The monoisotopic (exact) mass is 262 g/mol. The molecule has 1 aromatic carbocycles. The minimum absolute atomic E-state index is 0.115. The number of halogens is 1. The molecule has 1 aromatic heterocycles. The Bertz CT molecular complexity index is 579. The standard InChI is InChI=1S/C14H15FN2O2/c1-10(2)17-6-5-12(16-17)9-19-14-4-3-11(8-18)7-13(14)15/h3-8,10H,9H2,1-2H3. The van der Waals surface area contributed by atoms with Crippen LogP contribution in [0.15, 0.2) is 30.5 Å². The van der Waals surface area contributed by atoms with Crippen LogP contribution in [0.25, 0.3) is 0 Å². The summed E-state index contributed by atoms with van der Waals surface area (Å²) in [4.78, 5) is 10.5. The quantitative estimate of drug-likeness (QED) is 0.778. The number of nitrogens with zero attached hydrogens (tertiary/aromatic N) is 2. The van der Waals surface area contributed by atoms with Gasteiger partial charge >= 0.3 is 0 Å². The van der Waals surface area contributed by atoms with Gasteiger partial charge in [0.2, 0.25) is 0 Å². The zero-order valence-electron chi connectivity index (χ0n) is 10.8. The van der Waals surface area contributed by atoms with Crippen molar-refractivity contribution in [1.82, 2.24) is 9.78 Å². The SMILES string of the molecule is CC(C)n1ccc(COc2ccc(C=O)cc2F)n1. The lowest BCUT2D eigenvalue weighted by Gasteiger charge is -2.06. The van der Waals surface area contributed by atoms with Gasteiger partial charge in [0.15, 0.2) is 11.6 Å². The first-order valence-electron chi connectivity index (χ1n) is 6.01. The molecule has 0 atom stereocenters. The van der Waals surface area contributed by atoms with Gasteiger partial charge < -0.3 is 4.74 Å². The lowest BCUT2D eigenvalue weighted by Crippen LogP contribution is -2.04. The maximum atomic E-state index is 13.6. The second-order valence-electron chi connectivity index (χ2n) is 4.48. The van der Waals surface area contributed by atoms with E-state index in [0.29, 0.717) is 6.29 Å². The summed E-state index contributed by atoms with van der Waals surface area (Å²) in [6.45, 7) is 4.24. The van der Waals surface area contributed by atoms with E-state index in [-0.39, 0.29) is 24.0 Å². The molecule has 1 heterocycles. The molecule has 100 valence electrons. The number of benzene rings is 1. The van der Waals surface area contributed by atoms with Crippen LogP contribution in [0.3, 0.4) is 0 Å². The molecule has 4 nitrogen and oxygen atoms in total. The molecule has 2 aromatic rings. The van der Waals surface area contributed by atoms with Crippen molar-refractivity contribution in [2.45, 2.75) is 26.5 Å². The Morgan fingerprint density at radius 2 is 2.21 bits per heavy atom. The minimum Gasteiger partial charge on any atom is -0.484 e. The van der Waals surface area contributed by atoms with Gasteiger partial charge in [0.05, 0.1) is 5.69 Å². The van der Waals surface area contributed by atoms with E-state index in [1.807, 2.05) is 30.8 Å². The molecule has 0 spiro atoms. The Hall–Kier alpha value is -2.17. The van der Waals surface area contributed by atoms with Crippen molar-refractivity contribution in [1.29, 1.82) is 0 Å². The lowest BCUT2D eigenvalue weighted by molar-refractivity contribution is 0.112. The molecule has 2 rings (SSSR count). The van der Waals surface area contributed by atoms with Crippen LogP contribution in [0.5, 0.6) is 5.75 Å². The molecular formula is C14H15FN2O2. The summed E-state index contributed by atoms with van der Waals surface area (Å²) >= 11 is 0. The molecule has 5 heteroatoms. The summed E-state index contributed by atoms with van der Waals surface area (Å²) in [5, 5.41) is 4.30. The summed E-state index contributed by atoms with van der Waals surface area (Å²) in [5.41, 5.74) is 1.02. The fourth-order valence-corrected chi connectivity index (χ4v) is 1.60. The first-order chi connectivity index (χ1) is 9.10. The Kier molecular flexibility index (Phi) is 3.94. The number of aldehydes is 1. The van der Waals surface area contributed by atoms with Gasteiger partial charge in [-0.05, 0) is 38.1 Å². The van der Waals surface area contributed by atoms with E-state index in [4.69, 9.17) is 4.74 Å². The van der Waals surface area contributed by atoms with Crippen LogP contribution in [0, 0.1) is 5.82 Å². The molecule has 0 radical (unpaired) electrons. The predicted molar refractivity (Wildman–Crippen MR) is 68.7 cm³/mol. The van der Waals surface area contributed by atoms with Gasteiger partial charge in [-0.1, -0.05) is 0 Å². The summed E-state index contributed by atoms with van der Waals surface area (Å²) in [7, 11) is 0. The van der Waals surface area contributed by atoms with Crippen LogP contribution in [0.1, 0.15) is 35.9 Å². The number of carbonyl (C=O) groups is 1. The Morgan fingerprint density at radius 3 is 2.79 bits per heavy atom. The third-order valence-corrected chi connectivity index (χ3v) is 2.66. The van der Waals surface area contributed by atoms with Gasteiger partial charge in [-0.25, -0.2) is 4.39 Å². The van der Waals surface area contributed by atoms with Crippen molar-refractivity contribution in [3.05, 3.63) is 47.5 Å². The first kappa shape index (κ1) is 13.3. The van der Waals surface area contributed by atoms with Crippen LogP contribution in [-0.4, -0.2) is 16.1 Å². The highest BCUT2D eigenvalue weighted by Gasteiger charge is 2.07. The van der Waals surface area contributed by atoms with Gasteiger partial charge in [-0.3, -0.25) is 9.48 Å². The molecule has 19 heavy (non-hydrogen) atoms. The van der Waals surface area contributed by atoms with E-state index >= 15 is 0 Å². The summed E-state index contributed by atoms with van der Waals surface area (Å²) in [6.07, 6.45) is 2.45. The van der Waals surface area contributed by atoms with E-state index in [9.17, 15) is 9.18 Å². The number of hydrogen-bond acceptors (Lipinski definition) is 3. The van der Waals surface area contributed by atoms with Crippen molar-refractivity contribution in [2.75, 3.05) is 0 Å². The normalized spacial score (nSPS) is 10.7. The van der Waals surface area contributed by atoms with Gasteiger partial charge in [0, 0.05) is 17.8 Å². The van der Waals surface area contributed by atoms with Crippen molar-refractivity contribution < 1.29 is 13.9 Å². The molecule has 0 aliphatic rings. The van der Waals surface area contributed by atoms with Crippen molar-refractivity contribution in [3.8, 4) is 5.75 Å². The molecule has 0 fully saturated rings. The van der Waals surface area contributed by atoms with Crippen LogP contribution >= 0.6 is 0 Å². The van der Waals surface area contributed by atoms with Gasteiger partial charge in [0.1, 0.15) is 12.9 Å². The zero-order valence-corrected chi connectivity index (χ0v) is 10.8. The number of carbonyl (C=O) groups excluding carboxylic acids is 1. The highest BCUT2D eigenvalue weighted by atomic mass is 19.1. The van der Waals surface area contributed by atoms with Crippen LogP contribution in [0.2, 0.25) is 0 Å². The van der Waals surface area contributed by atoms with E-state index in [1.165, 1.54) is 12.1 Å². The van der Waals surface area contributed by atoms with Crippen LogP contribution in [0.4, 0.5) is 4.39 Å². The third-order valence-electron chi connectivity index (χ3n) is 2.66. The number of ether oxygens (including phenoxy) is 1. The molecule has 0 aliphatic heterocycles. The van der Waals surface area contributed by atoms with E-state index in [0.717, 1.165) is 11.8 Å². The molecule has 0 amide bonds. The van der Waals surface area contributed by atoms with E-state index in [1.54, 1.807) is 0 Å². The van der Waals surface area contributed by atoms with Crippen molar-refractivity contribution in [3.63, 3.8) is 0 Å². The fraction of sp³-hybridized carbons (Fsp3) is 0.286. The molecule has 0 saturated heterocycles.